The maximum atomic E-state index is 13.3. The Hall–Kier alpha value is -2.01. The summed E-state index contributed by atoms with van der Waals surface area (Å²) in [5.74, 6) is -0.527. The Bertz CT molecular complexity index is 730. The molecule has 116 valence electrons. The van der Waals surface area contributed by atoms with Crippen LogP contribution < -0.4 is 5.32 Å². The predicted octanol–water partition coefficient (Wildman–Crippen LogP) is 2.92. The van der Waals surface area contributed by atoms with E-state index in [1.54, 1.807) is 19.2 Å². The molecule has 4 nitrogen and oxygen atoms in total. The van der Waals surface area contributed by atoms with Gasteiger partial charge in [-0.15, -0.1) is 0 Å². The van der Waals surface area contributed by atoms with Crippen molar-refractivity contribution < 1.29 is 13.9 Å². The Morgan fingerprint density at radius 3 is 2.86 bits per heavy atom. The van der Waals surface area contributed by atoms with Gasteiger partial charge >= 0.3 is 0 Å². The summed E-state index contributed by atoms with van der Waals surface area (Å²) in [5.41, 5.74) is 1.01. The first-order chi connectivity index (χ1) is 10.4. The van der Waals surface area contributed by atoms with Gasteiger partial charge in [0.05, 0.1) is 17.2 Å². The Kier molecular flexibility index (Phi) is 3.60. The van der Waals surface area contributed by atoms with Crippen molar-refractivity contribution in [1.29, 1.82) is 0 Å². The smallest absolute Gasteiger partial charge is 0.253 e. The van der Waals surface area contributed by atoms with Gasteiger partial charge in [-0.3, -0.25) is 9.78 Å². The molecule has 1 aromatic heterocycles. The monoisotopic (exact) mass is 302 g/mol. The maximum absolute atomic E-state index is 13.3. The van der Waals surface area contributed by atoms with Gasteiger partial charge in [-0.1, -0.05) is 13.8 Å². The van der Waals surface area contributed by atoms with Crippen LogP contribution in [-0.2, 0) is 4.74 Å². The molecule has 0 aliphatic heterocycles. The molecular weight excluding hydrogens is 283 g/mol. The number of hydrogen-bond donors (Lipinski definition) is 1. The molecule has 2 unspecified atom stereocenters. The van der Waals surface area contributed by atoms with Crippen LogP contribution in [0.5, 0.6) is 0 Å². The third-order valence-electron chi connectivity index (χ3n) is 4.67. The fourth-order valence-corrected chi connectivity index (χ4v) is 3.00. The molecule has 2 atom stereocenters. The molecule has 5 heteroatoms. The van der Waals surface area contributed by atoms with Crippen LogP contribution in [0.1, 0.15) is 30.6 Å². The average molecular weight is 302 g/mol. The van der Waals surface area contributed by atoms with Crippen LogP contribution in [0.2, 0.25) is 0 Å². The van der Waals surface area contributed by atoms with E-state index in [1.807, 2.05) is 0 Å². The molecule has 0 radical (unpaired) electrons. The molecule has 1 aromatic carbocycles. The van der Waals surface area contributed by atoms with Crippen LogP contribution in [0.3, 0.4) is 0 Å². The van der Waals surface area contributed by atoms with Gasteiger partial charge in [0.25, 0.3) is 5.91 Å². The van der Waals surface area contributed by atoms with Crippen molar-refractivity contribution in [2.45, 2.75) is 32.4 Å². The number of rotatable bonds is 3. The number of pyridine rings is 1. The highest BCUT2D eigenvalue weighted by Gasteiger charge is 2.49. The minimum absolute atomic E-state index is 0.0631. The lowest BCUT2D eigenvalue weighted by Gasteiger charge is -2.51. The summed E-state index contributed by atoms with van der Waals surface area (Å²) in [6.07, 6.45) is 2.47. The average Bonchev–Trinajstić information content (AvgIpc) is 2.49. The first kappa shape index (κ1) is 14.9. The Balaban J connectivity index is 1.78. The SMILES string of the molecule is COC1CC(NC(=O)c2cnc3ccc(F)cc3c2)C1(C)C. The normalized spacial score (nSPS) is 23.1. The molecule has 1 heterocycles. The van der Waals surface area contributed by atoms with Crippen LogP contribution in [0, 0.1) is 11.2 Å². The quantitative estimate of drug-likeness (QED) is 0.948. The lowest BCUT2D eigenvalue weighted by molar-refractivity contribution is -0.0942. The van der Waals surface area contributed by atoms with Gasteiger partial charge < -0.3 is 10.1 Å². The van der Waals surface area contributed by atoms with Crippen LogP contribution in [0.25, 0.3) is 10.9 Å². The van der Waals surface area contributed by atoms with E-state index < -0.39 is 0 Å². The molecule has 3 rings (SSSR count). The van der Waals surface area contributed by atoms with Crippen LogP contribution in [0.15, 0.2) is 30.5 Å². The Morgan fingerprint density at radius 1 is 1.41 bits per heavy atom. The molecule has 1 aliphatic carbocycles. The topological polar surface area (TPSA) is 51.2 Å². The standard InChI is InChI=1S/C17H19FN2O2/c1-17(2)14(8-15(17)22-3)20-16(21)11-6-10-7-12(18)4-5-13(10)19-9-11/h4-7,9,14-15H,8H2,1-3H3,(H,20,21). The molecule has 0 spiro atoms. The Morgan fingerprint density at radius 2 is 2.18 bits per heavy atom. The van der Waals surface area contributed by atoms with Gasteiger partial charge in [-0.05, 0) is 30.7 Å². The summed E-state index contributed by atoms with van der Waals surface area (Å²) < 4.78 is 18.7. The van der Waals surface area contributed by atoms with Gasteiger partial charge in [-0.25, -0.2) is 4.39 Å². The predicted molar refractivity (Wildman–Crippen MR) is 82.2 cm³/mol. The first-order valence-corrected chi connectivity index (χ1v) is 7.31. The zero-order valence-corrected chi connectivity index (χ0v) is 12.9. The number of carbonyl (C=O) groups excluding carboxylic acids is 1. The number of halogens is 1. The summed E-state index contributed by atoms with van der Waals surface area (Å²) in [4.78, 5) is 16.6. The van der Waals surface area contributed by atoms with Crippen LogP contribution in [-0.4, -0.2) is 30.1 Å². The molecule has 22 heavy (non-hydrogen) atoms. The van der Waals surface area contributed by atoms with E-state index in [0.717, 1.165) is 6.42 Å². The number of methoxy groups -OCH3 is 1. The Labute approximate surface area is 128 Å². The highest BCUT2D eigenvalue weighted by Crippen LogP contribution is 2.42. The van der Waals surface area contributed by atoms with Gasteiger partial charge in [0.2, 0.25) is 0 Å². The van der Waals surface area contributed by atoms with E-state index in [9.17, 15) is 9.18 Å². The molecule has 0 bridgehead atoms. The molecule has 1 fully saturated rings. The van der Waals surface area contributed by atoms with Gasteiger partial charge in [0, 0.05) is 30.1 Å². The number of benzene rings is 1. The second-order valence-corrected chi connectivity index (χ2v) is 6.37. The van der Waals surface area contributed by atoms with E-state index in [4.69, 9.17) is 4.74 Å². The zero-order valence-electron chi connectivity index (χ0n) is 12.9. The van der Waals surface area contributed by atoms with E-state index in [0.29, 0.717) is 16.5 Å². The minimum atomic E-state index is -0.338. The first-order valence-electron chi connectivity index (χ1n) is 7.31. The molecular formula is C17H19FN2O2. The van der Waals surface area contributed by atoms with Gasteiger partial charge in [-0.2, -0.15) is 0 Å². The molecule has 2 aromatic rings. The maximum Gasteiger partial charge on any atom is 0.253 e. The number of fused-ring (bicyclic) bond motifs is 1. The van der Waals surface area contributed by atoms with Crippen molar-refractivity contribution in [2.75, 3.05) is 7.11 Å². The molecule has 1 saturated carbocycles. The summed E-state index contributed by atoms with van der Waals surface area (Å²) in [7, 11) is 1.69. The third-order valence-corrected chi connectivity index (χ3v) is 4.67. The van der Waals surface area contributed by atoms with Gasteiger partial charge in [0.1, 0.15) is 5.82 Å². The van der Waals surface area contributed by atoms with Crippen LogP contribution >= 0.6 is 0 Å². The van der Waals surface area contributed by atoms with Crippen molar-refractivity contribution >= 4 is 16.8 Å². The summed E-state index contributed by atoms with van der Waals surface area (Å²) in [6.45, 7) is 4.15. The number of carbonyl (C=O) groups is 1. The fourth-order valence-electron chi connectivity index (χ4n) is 3.00. The number of hydrogen-bond acceptors (Lipinski definition) is 3. The van der Waals surface area contributed by atoms with E-state index in [-0.39, 0.29) is 29.3 Å². The summed E-state index contributed by atoms with van der Waals surface area (Å²) in [5, 5.41) is 3.63. The van der Waals surface area contributed by atoms with E-state index in [2.05, 4.69) is 24.1 Å². The highest BCUT2D eigenvalue weighted by molar-refractivity contribution is 5.97. The molecule has 0 saturated heterocycles. The van der Waals surface area contributed by atoms with Crippen molar-refractivity contribution in [3.05, 3.63) is 41.8 Å². The van der Waals surface area contributed by atoms with E-state index >= 15 is 0 Å². The van der Waals surface area contributed by atoms with Crippen molar-refractivity contribution in [3.8, 4) is 0 Å². The molecule has 1 N–H and O–H groups in total. The van der Waals surface area contributed by atoms with E-state index in [1.165, 1.54) is 18.3 Å². The summed E-state index contributed by atoms with van der Waals surface area (Å²) in [6, 6.07) is 6.07. The largest absolute Gasteiger partial charge is 0.381 e. The number of amides is 1. The number of nitrogens with one attached hydrogen (secondary N) is 1. The number of ether oxygens (including phenoxy) is 1. The van der Waals surface area contributed by atoms with Crippen molar-refractivity contribution in [2.24, 2.45) is 5.41 Å². The lowest BCUT2D eigenvalue weighted by Crippen LogP contribution is -2.61. The minimum Gasteiger partial charge on any atom is -0.381 e. The number of aromatic nitrogens is 1. The van der Waals surface area contributed by atoms with Crippen LogP contribution in [0.4, 0.5) is 4.39 Å². The lowest BCUT2D eigenvalue weighted by atomic mass is 9.64. The fraction of sp³-hybridized carbons (Fsp3) is 0.412. The second-order valence-electron chi connectivity index (χ2n) is 6.37. The zero-order chi connectivity index (χ0) is 15.9. The number of nitrogens with zero attached hydrogens (tertiary/aromatic N) is 1. The summed E-state index contributed by atoms with van der Waals surface area (Å²) >= 11 is 0. The third kappa shape index (κ3) is 2.46. The second kappa shape index (κ2) is 5.32. The molecule has 1 aliphatic rings. The van der Waals surface area contributed by atoms with Crippen molar-refractivity contribution in [1.82, 2.24) is 10.3 Å². The highest BCUT2D eigenvalue weighted by atomic mass is 19.1. The van der Waals surface area contributed by atoms with Crippen molar-refractivity contribution in [3.63, 3.8) is 0 Å². The van der Waals surface area contributed by atoms with Gasteiger partial charge in [0.15, 0.2) is 0 Å². The molecule has 1 amide bonds.